The number of carbonyl (C=O) groups is 2. The average Bonchev–Trinajstić information content (AvgIpc) is 3.06. The van der Waals surface area contributed by atoms with Gasteiger partial charge in [0, 0.05) is 0 Å². The number of allylic oxidation sites excluding steroid dienone is 5. The molecule has 15 nitrogen and oxygen atoms in total. The number of esters is 1. The summed E-state index contributed by atoms with van der Waals surface area (Å²) in [5.74, 6) is -2.42. The third-order valence-electron chi connectivity index (χ3n) is 8.71. The molecule has 50 heavy (non-hydrogen) atoms. The lowest BCUT2D eigenvalue weighted by Gasteiger charge is -2.43. The highest BCUT2D eigenvalue weighted by molar-refractivity contribution is 5.90. The van der Waals surface area contributed by atoms with Gasteiger partial charge in [-0.15, -0.1) is 6.58 Å². The molecule has 2 fully saturated rings. The predicted octanol–water partition coefficient (Wildman–Crippen LogP) is 0.769. The minimum Gasteiger partial charge on any atom is -0.481 e. The first-order valence-electron chi connectivity index (χ1n) is 16.8. The number of carboxylic acid groups (broad SMARTS) is 1. The average molecular weight is 717 g/mol. The van der Waals surface area contributed by atoms with E-state index in [0.717, 1.165) is 36.8 Å². The first-order valence-corrected chi connectivity index (χ1v) is 16.8. The third-order valence-corrected chi connectivity index (χ3v) is 8.71. The van der Waals surface area contributed by atoms with Crippen LogP contribution in [0.15, 0.2) is 47.6 Å². The van der Waals surface area contributed by atoms with Gasteiger partial charge in [-0.1, -0.05) is 41.0 Å². The van der Waals surface area contributed by atoms with Crippen molar-refractivity contribution < 1.29 is 74.1 Å². The van der Waals surface area contributed by atoms with E-state index in [4.69, 9.17) is 28.8 Å². The Labute approximate surface area is 293 Å². The van der Waals surface area contributed by atoms with Crippen LogP contribution in [0.1, 0.15) is 72.6 Å². The highest BCUT2D eigenvalue weighted by Crippen LogP contribution is 2.30. The van der Waals surface area contributed by atoms with E-state index in [2.05, 4.69) is 25.7 Å². The van der Waals surface area contributed by atoms with Crippen molar-refractivity contribution in [3.63, 3.8) is 0 Å². The second-order valence-corrected chi connectivity index (χ2v) is 13.2. The van der Waals surface area contributed by atoms with E-state index in [9.17, 15) is 45.3 Å². The van der Waals surface area contributed by atoms with Crippen LogP contribution in [-0.2, 0) is 33.3 Å². The van der Waals surface area contributed by atoms with Crippen LogP contribution in [0.25, 0.3) is 0 Å². The zero-order valence-electron chi connectivity index (χ0n) is 29.3. The van der Waals surface area contributed by atoms with Gasteiger partial charge in [-0.05, 0) is 66.2 Å². The summed E-state index contributed by atoms with van der Waals surface area (Å²) in [6.07, 6.45) is -2.76. The van der Waals surface area contributed by atoms with Gasteiger partial charge in [-0.3, -0.25) is 9.59 Å². The van der Waals surface area contributed by atoms with Crippen LogP contribution in [0.5, 0.6) is 0 Å². The molecule has 286 valence electrons. The standard InChI is InChI=1S/C35H56O15/c1-6-35(5,50-34-32(45)30(43)28(41)24(49-34)19-46-26(39)16-25(37)38)15-9-14-21(3)11-7-10-20(2)12-8-13-22(4)18-47-33-31(44)29(42)27(40)23(17-36)48-33/h6,10,13-14,23-24,27-34,36,40-45H,1,7-9,11-12,15-19H2,2-5H3,(H,37,38)/b20-10-,21-14+,22-13+. The van der Waals surface area contributed by atoms with Gasteiger partial charge in [-0.2, -0.15) is 0 Å². The molecule has 0 bridgehead atoms. The molecular weight excluding hydrogens is 660 g/mol. The summed E-state index contributed by atoms with van der Waals surface area (Å²) >= 11 is 0. The van der Waals surface area contributed by atoms with Crippen LogP contribution in [0.3, 0.4) is 0 Å². The molecule has 2 aliphatic rings. The summed E-state index contributed by atoms with van der Waals surface area (Å²) in [7, 11) is 0. The number of ether oxygens (including phenoxy) is 5. The van der Waals surface area contributed by atoms with Crippen LogP contribution >= 0.6 is 0 Å². The molecule has 8 N–H and O–H groups in total. The molecule has 0 amide bonds. The van der Waals surface area contributed by atoms with Crippen LogP contribution in [-0.4, -0.2) is 140 Å². The largest absolute Gasteiger partial charge is 0.481 e. The quantitative estimate of drug-likeness (QED) is 0.0493. The second-order valence-electron chi connectivity index (χ2n) is 13.2. The predicted molar refractivity (Wildman–Crippen MR) is 178 cm³/mol. The maximum Gasteiger partial charge on any atom is 0.317 e. The number of hydrogen-bond donors (Lipinski definition) is 8. The Morgan fingerprint density at radius 3 is 1.84 bits per heavy atom. The normalized spacial score (nSPS) is 32.3. The molecule has 0 aromatic carbocycles. The number of aliphatic hydroxyl groups excluding tert-OH is 7. The molecule has 2 rings (SSSR count). The Balaban J connectivity index is 1.78. The Morgan fingerprint density at radius 2 is 1.28 bits per heavy atom. The minimum absolute atomic E-state index is 0.151. The SMILES string of the molecule is C=CC(C)(CC/C=C(\C)CC/C=C(/C)CC/C=C(\C)COC1OC(CO)C(O)C(O)C1O)OC1OC(COC(=O)CC(=O)O)C(O)C(O)C1O. The topological polar surface area (TPSA) is 242 Å². The monoisotopic (exact) mass is 716 g/mol. The summed E-state index contributed by atoms with van der Waals surface area (Å²) in [5.41, 5.74) is 2.30. The van der Waals surface area contributed by atoms with Crippen LogP contribution < -0.4 is 0 Å². The number of carboxylic acids is 1. The summed E-state index contributed by atoms with van der Waals surface area (Å²) in [6.45, 7) is 10.6. The summed E-state index contributed by atoms with van der Waals surface area (Å²) in [6, 6.07) is 0. The lowest BCUT2D eigenvalue weighted by atomic mass is 9.96. The van der Waals surface area contributed by atoms with Crippen LogP contribution in [0.4, 0.5) is 0 Å². The second kappa shape index (κ2) is 21.1. The van der Waals surface area contributed by atoms with Gasteiger partial charge in [0.2, 0.25) is 0 Å². The highest BCUT2D eigenvalue weighted by atomic mass is 16.7. The minimum atomic E-state index is -1.66. The maximum atomic E-state index is 11.6. The summed E-state index contributed by atoms with van der Waals surface area (Å²) in [4.78, 5) is 22.3. The van der Waals surface area contributed by atoms with E-state index in [-0.39, 0.29) is 6.61 Å². The Bertz CT molecular complexity index is 1180. The number of aliphatic carboxylic acids is 1. The zero-order chi connectivity index (χ0) is 37.6. The van der Waals surface area contributed by atoms with Crippen molar-refractivity contribution in [2.75, 3.05) is 19.8 Å². The zero-order valence-corrected chi connectivity index (χ0v) is 29.3. The van der Waals surface area contributed by atoms with Crippen molar-refractivity contribution in [1.29, 1.82) is 0 Å². The van der Waals surface area contributed by atoms with Gasteiger partial charge in [0.1, 0.15) is 61.9 Å². The third kappa shape index (κ3) is 13.9. The first-order chi connectivity index (χ1) is 23.5. The van der Waals surface area contributed by atoms with Crippen molar-refractivity contribution in [3.8, 4) is 0 Å². The fourth-order valence-corrected chi connectivity index (χ4v) is 5.35. The Kier molecular flexibility index (Phi) is 18.4. The molecule has 2 aliphatic heterocycles. The first kappa shape index (κ1) is 43.6. The van der Waals surface area contributed by atoms with Gasteiger partial charge in [0.15, 0.2) is 12.6 Å². The molecule has 11 unspecified atom stereocenters. The lowest BCUT2D eigenvalue weighted by molar-refractivity contribution is -0.320. The van der Waals surface area contributed by atoms with E-state index in [1.165, 1.54) is 5.57 Å². The number of rotatable bonds is 20. The number of hydrogen-bond acceptors (Lipinski definition) is 14. The highest BCUT2D eigenvalue weighted by Gasteiger charge is 2.47. The van der Waals surface area contributed by atoms with Gasteiger partial charge in [0.25, 0.3) is 0 Å². The number of aliphatic hydroxyl groups is 7. The molecule has 0 spiro atoms. The Hall–Kier alpha value is -2.54. The molecule has 0 saturated carbocycles. The van der Waals surface area contributed by atoms with Gasteiger partial charge >= 0.3 is 11.9 Å². The number of carbonyl (C=O) groups excluding carboxylic acids is 1. The lowest BCUT2D eigenvalue weighted by Crippen LogP contribution is -2.60. The Morgan fingerprint density at radius 1 is 0.760 bits per heavy atom. The summed E-state index contributed by atoms with van der Waals surface area (Å²) in [5, 5.41) is 79.0. The summed E-state index contributed by atoms with van der Waals surface area (Å²) < 4.78 is 27.4. The fraction of sp³-hybridized carbons (Fsp3) is 0.714. The molecule has 0 aliphatic carbocycles. The van der Waals surface area contributed by atoms with Gasteiger partial charge in [0.05, 0.1) is 18.8 Å². The van der Waals surface area contributed by atoms with E-state index >= 15 is 0 Å². The molecule has 0 aromatic rings. The molecule has 2 heterocycles. The van der Waals surface area contributed by atoms with Crippen molar-refractivity contribution in [3.05, 3.63) is 47.6 Å². The molecule has 0 aromatic heterocycles. The fourth-order valence-electron chi connectivity index (χ4n) is 5.35. The van der Waals surface area contributed by atoms with E-state index in [1.54, 1.807) is 13.0 Å². The molecule has 11 atom stereocenters. The molecule has 2 saturated heterocycles. The molecule has 0 radical (unpaired) electrons. The van der Waals surface area contributed by atoms with E-state index < -0.39 is 98.6 Å². The maximum absolute atomic E-state index is 11.6. The van der Waals surface area contributed by atoms with Gasteiger partial charge in [-0.25, -0.2) is 0 Å². The van der Waals surface area contributed by atoms with Crippen molar-refractivity contribution in [2.45, 2.75) is 140 Å². The van der Waals surface area contributed by atoms with Crippen molar-refractivity contribution in [2.24, 2.45) is 0 Å². The van der Waals surface area contributed by atoms with Gasteiger partial charge < -0.3 is 64.5 Å². The van der Waals surface area contributed by atoms with E-state index in [1.807, 2.05) is 19.9 Å². The van der Waals surface area contributed by atoms with E-state index in [0.29, 0.717) is 12.8 Å². The van der Waals surface area contributed by atoms with Crippen molar-refractivity contribution >= 4 is 11.9 Å². The van der Waals surface area contributed by atoms with Crippen molar-refractivity contribution in [1.82, 2.24) is 0 Å². The van der Waals surface area contributed by atoms with Crippen LogP contribution in [0.2, 0.25) is 0 Å². The molecular formula is C35H56O15. The smallest absolute Gasteiger partial charge is 0.317 e. The molecule has 15 heteroatoms. The van der Waals surface area contributed by atoms with Crippen LogP contribution in [0, 0.1) is 0 Å².